The number of nitrogens with one attached hydrogen (secondary N) is 1. The number of methoxy groups -OCH3 is 1. The van der Waals surface area contributed by atoms with E-state index in [4.69, 9.17) is 25.5 Å². The predicted octanol–water partition coefficient (Wildman–Crippen LogP) is 5.37. The quantitative estimate of drug-likeness (QED) is 0.150. The number of imide groups is 1. The smallest absolute Gasteiger partial charge is 0.339 e. The Morgan fingerprint density at radius 3 is 2.65 bits per heavy atom. The summed E-state index contributed by atoms with van der Waals surface area (Å²) >= 11 is 6.64. The second-order valence-electron chi connectivity index (χ2n) is 8.07. The van der Waals surface area contributed by atoms with Crippen molar-refractivity contribution in [2.24, 2.45) is 0 Å². The van der Waals surface area contributed by atoms with Crippen LogP contribution >= 0.6 is 23.4 Å². The Kier molecular flexibility index (Phi) is 8.55. The van der Waals surface area contributed by atoms with Crippen LogP contribution in [0.4, 0.5) is 16.2 Å². The van der Waals surface area contributed by atoms with Gasteiger partial charge in [-0.05, 0) is 61.2 Å². The number of nitro benzene ring substituents is 1. The number of carbonyl (C=O) groups excluding carboxylic acids is 4. The lowest BCUT2D eigenvalue weighted by molar-refractivity contribution is -0.384. The summed E-state index contributed by atoms with van der Waals surface area (Å²) < 4.78 is 15.7. The number of furan rings is 1. The Morgan fingerprint density at radius 2 is 1.95 bits per heavy atom. The number of benzene rings is 2. The number of ether oxygens (including phenoxy) is 2. The van der Waals surface area contributed by atoms with E-state index in [1.54, 1.807) is 13.0 Å². The number of amides is 3. The topological polar surface area (TPSA) is 158 Å². The fourth-order valence-electron chi connectivity index (χ4n) is 3.65. The molecule has 0 bridgehead atoms. The van der Waals surface area contributed by atoms with Crippen molar-refractivity contribution >= 4 is 63.8 Å². The standard InChI is InChI=1S/C26H20ClN3O9S/c1-3-38-25(33)18-10-14(4-8-19(18)27)28-23(31)13-29-24(32)22(40-26(29)34)12-16-6-9-21(39-16)17-7-5-15(37-2)11-20(17)30(35)36/h4-12H,3,13H2,1-2H3,(H,28,31)/b22-12+. The average molecular weight is 586 g/mol. The van der Waals surface area contributed by atoms with Gasteiger partial charge >= 0.3 is 5.97 Å². The highest BCUT2D eigenvalue weighted by Gasteiger charge is 2.36. The molecule has 0 saturated carbocycles. The van der Waals surface area contributed by atoms with Crippen LogP contribution in [0.2, 0.25) is 5.02 Å². The molecule has 12 nitrogen and oxygen atoms in total. The van der Waals surface area contributed by atoms with E-state index < -0.39 is 34.5 Å². The van der Waals surface area contributed by atoms with E-state index in [2.05, 4.69) is 5.32 Å². The maximum Gasteiger partial charge on any atom is 0.339 e. The van der Waals surface area contributed by atoms with Crippen LogP contribution in [-0.2, 0) is 14.3 Å². The van der Waals surface area contributed by atoms with Gasteiger partial charge < -0.3 is 19.2 Å². The molecular formula is C26H20ClN3O9S. The van der Waals surface area contributed by atoms with Crippen LogP contribution < -0.4 is 10.1 Å². The molecular weight excluding hydrogens is 566 g/mol. The number of nitrogens with zero attached hydrogens (tertiary/aromatic N) is 2. The molecule has 14 heteroatoms. The summed E-state index contributed by atoms with van der Waals surface area (Å²) in [5.74, 6) is -1.43. The molecule has 3 amide bonds. The molecule has 40 heavy (non-hydrogen) atoms. The number of hydrogen-bond acceptors (Lipinski definition) is 10. The first-order valence-corrected chi connectivity index (χ1v) is 12.7. The summed E-state index contributed by atoms with van der Waals surface area (Å²) in [6.07, 6.45) is 1.31. The molecule has 1 saturated heterocycles. The zero-order valence-corrected chi connectivity index (χ0v) is 22.5. The first-order chi connectivity index (χ1) is 19.1. The third-order valence-corrected chi connectivity index (χ3v) is 6.72. The number of rotatable bonds is 9. The number of anilines is 1. The van der Waals surface area contributed by atoms with Gasteiger partial charge in [0.15, 0.2) is 0 Å². The van der Waals surface area contributed by atoms with E-state index >= 15 is 0 Å². The first kappa shape index (κ1) is 28.4. The minimum absolute atomic E-state index is 0.000907. The summed E-state index contributed by atoms with van der Waals surface area (Å²) in [6, 6.07) is 11.5. The molecule has 4 rings (SSSR count). The molecule has 0 unspecified atom stereocenters. The van der Waals surface area contributed by atoms with Gasteiger partial charge in [-0.3, -0.25) is 29.4 Å². The van der Waals surface area contributed by atoms with Gasteiger partial charge in [0.2, 0.25) is 5.91 Å². The van der Waals surface area contributed by atoms with Crippen molar-refractivity contribution in [3.8, 4) is 17.1 Å². The van der Waals surface area contributed by atoms with Crippen LogP contribution in [0.5, 0.6) is 5.75 Å². The van der Waals surface area contributed by atoms with Crippen molar-refractivity contribution in [1.82, 2.24) is 4.90 Å². The van der Waals surface area contributed by atoms with Gasteiger partial charge in [-0.25, -0.2) is 4.79 Å². The predicted molar refractivity (Wildman–Crippen MR) is 146 cm³/mol. The zero-order valence-electron chi connectivity index (χ0n) is 21.0. The van der Waals surface area contributed by atoms with Crippen LogP contribution in [0.15, 0.2) is 57.9 Å². The maximum absolute atomic E-state index is 12.9. The molecule has 0 atom stereocenters. The Labute approximate surface area is 236 Å². The SMILES string of the molecule is CCOC(=O)c1cc(NC(=O)CN2C(=O)S/C(=C/c3ccc(-c4ccc(OC)cc4[N+](=O)[O-])o3)C2=O)ccc1Cl. The van der Waals surface area contributed by atoms with Crippen molar-refractivity contribution in [3.05, 3.63) is 79.9 Å². The number of thioether (sulfide) groups is 1. The van der Waals surface area contributed by atoms with Crippen molar-refractivity contribution in [3.63, 3.8) is 0 Å². The third-order valence-electron chi connectivity index (χ3n) is 5.49. The highest BCUT2D eigenvalue weighted by atomic mass is 35.5. The van der Waals surface area contributed by atoms with Gasteiger partial charge in [0, 0.05) is 11.8 Å². The Balaban J connectivity index is 1.47. The summed E-state index contributed by atoms with van der Waals surface area (Å²) in [4.78, 5) is 61.7. The van der Waals surface area contributed by atoms with Crippen LogP contribution in [0.1, 0.15) is 23.0 Å². The molecule has 2 heterocycles. The number of carbonyl (C=O) groups is 4. The molecule has 2 aromatic carbocycles. The fourth-order valence-corrected chi connectivity index (χ4v) is 4.66. The van der Waals surface area contributed by atoms with Gasteiger partial charge in [0.25, 0.3) is 16.8 Å². The van der Waals surface area contributed by atoms with Crippen LogP contribution in [0.25, 0.3) is 17.4 Å². The molecule has 206 valence electrons. The van der Waals surface area contributed by atoms with Gasteiger partial charge in [-0.1, -0.05) is 11.6 Å². The monoisotopic (exact) mass is 585 g/mol. The van der Waals surface area contributed by atoms with E-state index in [1.807, 2.05) is 0 Å². The van der Waals surface area contributed by atoms with Crippen molar-refractivity contribution in [1.29, 1.82) is 0 Å². The lowest BCUT2D eigenvalue weighted by atomic mass is 10.1. The number of esters is 1. The fraction of sp³-hybridized carbons (Fsp3) is 0.154. The summed E-state index contributed by atoms with van der Waals surface area (Å²) in [5.41, 5.74) is 0.231. The second-order valence-corrected chi connectivity index (χ2v) is 9.47. The van der Waals surface area contributed by atoms with E-state index in [-0.39, 0.29) is 50.6 Å². The van der Waals surface area contributed by atoms with E-state index in [9.17, 15) is 29.3 Å². The number of hydrogen-bond donors (Lipinski definition) is 1. The highest BCUT2D eigenvalue weighted by Crippen LogP contribution is 2.36. The Bertz CT molecular complexity index is 1570. The lowest BCUT2D eigenvalue weighted by Gasteiger charge is -2.13. The van der Waals surface area contributed by atoms with Crippen LogP contribution in [0.3, 0.4) is 0 Å². The van der Waals surface area contributed by atoms with Gasteiger partial charge in [-0.2, -0.15) is 0 Å². The molecule has 3 aromatic rings. The van der Waals surface area contributed by atoms with Crippen LogP contribution in [-0.4, -0.2) is 53.1 Å². The van der Waals surface area contributed by atoms with Crippen molar-refractivity contribution in [2.45, 2.75) is 6.92 Å². The molecule has 0 spiro atoms. The summed E-state index contributed by atoms with van der Waals surface area (Å²) in [7, 11) is 1.39. The summed E-state index contributed by atoms with van der Waals surface area (Å²) in [6.45, 7) is 1.19. The lowest BCUT2D eigenvalue weighted by Crippen LogP contribution is -2.36. The molecule has 1 aliphatic rings. The van der Waals surface area contributed by atoms with Crippen molar-refractivity contribution < 1.29 is 38.0 Å². The molecule has 1 N–H and O–H groups in total. The molecule has 1 aliphatic heterocycles. The van der Waals surface area contributed by atoms with E-state index in [0.29, 0.717) is 17.5 Å². The Morgan fingerprint density at radius 1 is 1.18 bits per heavy atom. The number of nitro groups is 1. The van der Waals surface area contributed by atoms with E-state index in [1.165, 1.54) is 55.7 Å². The molecule has 0 aliphatic carbocycles. The van der Waals surface area contributed by atoms with Crippen molar-refractivity contribution in [2.75, 3.05) is 25.6 Å². The van der Waals surface area contributed by atoms with Crippen LogP contribution in [0, 0.1) is 10.1 Å². The van der Waals surface area contributed by atoms with Gasteiger partial charge in [0.05, 0.1) is 45.8 Å². The Hall–Kier alpha value is -4.62. The molecule has 0 radical (unpaired) electrons. The molecule has 1 aromatic heterocycles. The average Bonchev–Trinajstić information content (AvgIpc) is 3.49. The molecule has 1 fully saturated rings. The van der Waals surface area contributed by atoms with Gasteiger partial charge in [-0.15, -0.1) is 0 Å². The van der Waals surface area contributed by atoms with E-state index in [0.717, 1.165) is 4.90 Å². The highest BCUT2D eigenvalue weighted by molar-refractivity contribution is 8.18. The summed E-state index contributed by atoms with van der Waals surface area (Å²) in [5, 5.41) is 13.5. The minimum atomic E-state index is -0.721. The zero-order chi connectivity index (χ0) is 29.0. The number of halogens is 1. The third kappa shape index (κ3) is 6.16. The maximum atomic E-state index is 12.9. The largest absolute Gasteiger partial charge is 0.497 e. The normalized spacial score (nSPS) is 14.0. The minimum Gasteiger partial charge on any atom is -0.497 e. The van der Waals surface area contributed by atoms with Gasteiger partial charge in [0.1, 0.15) is 23.8 Å². The second kappa shape index (κ2) is 12.1. The first-order valence-electron chi connectivity index (χ1n) is 11.6.